The normalized spacial score (nSPS) is 13.5. The Morgan fingerprint density at radius 2 is 1.45 bits per heavy atom. The van der Waals surface area contributed by atoms with Crippen LogP contribution in [0.2, 0.25) is 0 Å². The molecule has 2 N–H and O–H groups in total. The van der Waals surface area contributed by atoms with E-state index in [2.05, 4.69) is 5.32 Å². The number of aliphatic carboxylic acids is 1. The molecule has 1 aliphatic rings. The van der Waals surface area contributed by atoms with Gasteiger partial charge in [-0.3, -0.25) is 4.79 Å². The summed E-state index contributed by atoms with van der Waals surface area (Å²) in [6.45, 7) is 5.82. The Balaban J connectivity index is 1.62. The summed E-state index contributed by atoms with van der Waals surface area (Å²) in [4.78, 5) is 36.5. The molecule has 1 amide bonds. The molecule has 1 aliphatic carbocycles. The summed E-state index contributed by atoms with van der Waals surface area (Å²) in [7, 11) is 0. The number of alkyl carbamates (subject to hydrolysis) is 1. The van der Waals surface area contributed by atoms with Gasteiger partial charge in [-0.05, 0) is 41.5 Å². The number of carboxylic acid groups (broad SMARTS) is 1. The van der Waals surface area contributed by atoms with Crippen LogP contribution < -0.4 is 5.32 Å². The summed E-state index contributed by atoms with van der Waals surface area (Å²) >= 11 is 0. The third-order valence-electron chi connectivity index (χ3n) is 6.57. The van der Waals surface area contributed by atoms with Crippen molar-refractivity contribution in [2.75, 3.05) is 6.61 Å². The number of esters is 1. The molecule has 176 valence electrons. The molecule has 7 nitrogen and oxygen atoms in total. The molecule has 2 aromatic rings. The molecule has 0 radical (unpaired) electrons. The number of benzene rings is 2. The highest BCUT2D eigenvalue weighted by atomic mass is 16.6. The number of carbonyl (C=O) groups is 3. The smallest absolute Gasteiger partial charge is 0.407 e. The van der Waals surface area contributed by atoms with Crippen molar-refractivity contribution in [3.8, 4) is 11.1 Å². The van der Waals surface area contributed by atoms with Gasteiger partial charge in [0.2, 0.25) is 0 Å². The average molecular weight is 454 g/mol. The molecule has 0 aromatic heterocycles. The van der Waals surface area contributed by atoms with Crippen LogP contribution in [0.25, 0.3) is 11.1 Å². The van der Waals surface area contributed by atoms with Crippen molar-refractivity contribution >= 4 is 18.0 Å². The van der Waals surface area contributed by atoms with E-state index in [-0.39, 0.29) is 12.5 Å². The molecule has 0 bridgehead atoms. The molecule has 0 saturated carbocycles. The van der Waals surface area contributed by atoms with E-state index < -0.39 is 36.1 Å². The molecule has 0 spiro atoms. The van der Waals surface area contributed by atoms with E-state index >= 15 is 0 Å². The lowest BCUT2D eigenvalue weighted by molar-refractivity contribution is -0.163. The van der Waals surface area contributed by atoms with Gasteiger partial charge < -0.3 is 19.9 Å². The maximum atomic E-state index is 12.4. The number of ether oxygens (including phenoxy) is 2. The minimum Gasteiger partial charge on any atom is -0.480 e. The summed E-state index contributed by atoms with van der Waals surface area (Å²) in [6, 6.07) is 14.4. The van der Waals surface area contributed by atoms with Gasteiger partial charge in [-0.25, -0.2) is 9.59 Å². The highest BCUT2D eigenvalue weighted by Crippen LogP contribution is 2.44. The van der Waals surface area contributed by atoms with Crippen LogP contribution in [0.5, 0.6) is 0 Å². The van der Waals surface area contributed by atoms with Gasteiger partial charge >= 0.3 is 18.0 Å². The van der Waals surface area contributed by atoms with Crippen LogP contribution in [0.3, 0.4) is 0 Å². The Kier molecular flexibility index (Phi) is 7.74. The first-order chi connectivity index (χ1) is 15.8. The molecule has 3 rings (SSSR count). The van der Waals surface area contributed by atoms with Gasteiger partial charge in [-0.2, -0.15) is 0 Å². The SMILES string of the molecule is CCC(CC)(CC)OC(=O)C[C@H](NC(=O)OCC1c2ccccc2-c2ccccc21)C(=O)O. The van der Waals surface area contributed by atoms with Crippen LogP contribution in [0.1, 0.15) is 63.5 Å². The van der Waals surface area contributed by atoms with Gasteiger partial charge in [0, 0.05) is 5.92 Å². The zero-order valence-electron chi connectivity index (χ0n) is 19.3. The van der Waals surface area contributed by atoms with Crippen molar-refractivity contribution in [1.29, 1.82) is 0 Å². The molecule has 0 heterocycles. The monoisotopic (exact) mass is 453 g/mol. The predicted octanol–water partition coefficient (Wildman–Crippen LogP) is 4.88. The number of nitrogens with one attached hydrogen (secondary N) is 1. The summed E-state index contributed by atoms with van der Waals surface area (Å²) in [6.07, 6.45) is 0.529. The largest absolute Gasteiger partial charge is 0.480 e. The summed E-state index contributed by atoms with van der Waals surface area (Å²) in [5.41, 5.74) is 3.68. The molecule has 2 aromatic carbocycles. The predicted molar refractivity (Wildman–Crippen MR) is 124 cm³/mol. The summed E-state index contributed by atoms with van der Waals surface area (Å²) in [5.74, 6) is -2.13. The first kappa shape index (κ1) is 24.3. The molecule has 1 atom stereocenters. The second kappa shape index (κ2) is 10.5. The van der Waals surface area contributed by atoms with Crippen LogP contribution in [0, 0.1) is 0 Å². The zero-order valence-corrected chi connectivity index (χ0v) is 19.3. The summed E-state index contributed by atoms with van der Waals surface area (Å²) < 4.78 is 11.0. The van der Waals surface area contributed by atoms with Gasteiger partial charge in [-0.1, -0.05) is 69.3 Å². The van der Waals surface area contributed by atoms with Gasteiger partial charge in [-0.15, -0.1) is 0 Å². The average Bonchev–Trinajstić information content (AvgIpc) is 3.14. The third kappa shape index (κ3) is 5.35. The molecule has 0 aliphatic heterocycles. The number of carboxylic acids is 1. The van der Waals surface area contributed by atoms with E-state index in [4.69, 9.17) is 9.47 Å². The molecule has 0 fully saturated rings. The van der Waals surface area contributed by atoms with Crippen molar-refractivity contribution in [1.82, 2.24) is 5.32 Å². The fourth-order valence-corrected chi connectivity index (χ4v) is 4.40. The van der Waals surface area contributed by atoms with Crippen LogP contribution in [-0.4, -0.2) is 41.4 Å². The van der Waals surface area contributed by atoms with Crippen LogP contribution in [0.15, 0.2) is 48.5 Å². The van der Waals surface area contributed by atoms with Crippen molar-refractivity contribution in [2.24, 2.45) is 0 Å². The second-order valence-electron chi connectivity index (χ2n) is 8.28. The van der Waals surface area contributed by atoms with Crippen molar-refractivity contribution in [3.05, 3.63) is 59.7 Å². The first-order valence-electron chi connectivity index (χ1n) is 11.4. The Hall–Kier alpha value is -3.35. The molecule has 33 heavy (non-hydrogen) atoms. The number of hydrogen-bond donors (Lipinski definition) is 2. The highest BCUT2D eigenvalue weighted by Gasteiger charge is 2.33. The fraction of sp³-hybridized carbons (Fsp3) is 0.423. The van der Waals surface area contributed by atoms with Crippen LogP contribution >= 0.6 is 0 Å². The van der Waals surface area contributed by atoms with E-state index in [1.54, 1.807) is 0 Å². The van der Waals surface area contributed by atoms with Gasteiger partial charge in [0.25, 0.3) is 0 Å². The maximum Gasteiger partial charge on any atom is 0.407 e. The van der Waals surface area contributed by atoms with E-state index in [1.807, 2.05) is 69.3 Å². The quantitative estimate of drug-likeness (QED) is 0.497. The first-order valence-corrected chi connectivity index (χ1v) is 11.4. The fourth-order valence-electron chi connectivity index (χ4n) is 4.40. The topological polar surface area (TPSA) is 102 Å². The molecule has 7 heteroatoms. The number of hydrogen-bond acceptors (Lipinski definition) is 5. The number of fused-ring (bicyclic) bond motifs is 3. The van der Waals surface area contributed by atoms with Crippen molar-refractivity contribution in [3.63, 3.8) is 0 Å². The Labute approximate surface area is 194 Å². The number of amides is 1. The van der Waals surface area contributed by atoms with Crippen LogP contribution in [-0.2, 0) is 19.1 Å². The number of rotatable bonds is 10. The lowest BCUT2D eigenvalue weighted by Crippen LogP contribution is -2.44. The van der Waals surface area contributed by atoms with Gasteiger partial charge in [0.1, 0.15) is 18.2 Å². The molecule has 0 saturated heterocycles. The Morgan fingerprint density at radius 3 is 1.94 bits per heavy atom. The Morgan fingerprint density at radius 1 is 0.939 bits per heavy atom. The molecular weight excluding hydrogens is 422 g/mol. The second-order valence-corrected chi connectivity index (χ2v) is 8.28. The number of carbonyl (C=O) groups excluding carboxylic acids is 2. The zero-order chi connectivity index (χ0) is 24.0. The van der Waals surface area contributed by atoms with E-state index in [0.717, 1.165) is 22.3 Å². The minimum atomic E-state index is -1.43. The third-order valence-corrected chi connectivity index (χ3v) is 6.57. The lowest BCUT2D eigenvalue weighted by atomic mass is 9.94. The van der Waals surface area contributed by atoms with Crippen molar-refractivity contribution in [2.45, 2.75) is 64.0 Å². The van der Waals surface area contributed by atoms with E-state index in [1.165, 1.54) is 0 Å². The minimum absolute atomic E-state index is 0.0568. The molecular formula is C26H31NO6. The standard InChI is InChI=1S/C26H31NO6/c1-4-26(5-2,6-3)33-23(28)15-22(24(29)30)27-25(31)32-16-21-19-13-9-7-11-17(19)18-12-8-10-14-20(18)21/h7-14,21-22H,4-6,15-16H2,1-3H3,(H,27,31)(H,29,30)/t22-/m0/s1. The van der Waals surface area contributed by atoms with E-state index in [9.17, 15) is 19.5 Å². The van der Waals surface area contributed by atoms with Crippen molar-refractivity contribution < 1.29 is 29.0 Å². The Bertz CT molecular complexity index is 960. The summed E-state index contributed by atoms with van der Waals surface area (Å²) in [5, 5.41) is 11.8. The van der Waals surface area contributed by atoms with E-state index in [0.29, 0.717) is 19.3 Å². The van der Waals surface area contributed by atoms with Gasteiger partial charge in [0.15, 0.2) is 0 Å². The van der Waals surface area contributed by atoms with Crippen LogP contribution in [0.4, 0.5) is 4.79 Å². The highest BCUT2D eigenvalue weighted by molar-refractivity contribution is 5.85. The van der Waals surface area contributed by atoms with Gasteiger partial charge in [0.05, 0.1) is 6.42 Å². The lowest BCUT2D eigenvalue weighted by Gasteiger charge is -2.30. The maximum absolute atomic E-state index is 12.4. The molecule has 0 unspecified atom stereocenters.